The molecule has 0 aromatic heterocycles. The predicted molar refractivity (Wildman–Crippen MR) is 70.1 cm³/mol. The number of hydrogen-bond acceptors (Lipinski definition) is 3. The summed E-state index contributed by atoms with van der Waals surface area (Å²) in [6.45, 7) is 2.84. The Labute approximate surface area is 106 Å². The van der Waals surface area contributed by atoms with Crippen LogP contribution in [0.15, 0.2) is 18.2 Å². The topological polar surface area (TPSA) is 52.6 Å². The second kappa shape index (κ2) is 5.89. The number of carboxylic acids is 1. The van der Waals surface area contributed by atoms with Crippen molar-refractivity contribution < 1.29 is 9.90 Å². The summed E-state index contributed by atoms with van der Waals surface area (Å²) in [5, 5.41) is 12.4. The molecule has 0 spiro atoms. The number of aromatic carboxylic acids is 1. The highest BCUT2D eigenvalue weighted by atomic mass is 35.5. The second-order valence-electron chi connectivity index (χ2n) is 4.19. The van der Waals surface area contributed by atoms with Crippen molar-refractivity contribution in [2.24, 2.45) is 0 Å². The summed E-state index contributed by atoms with van der Waals surface area (Å²) in [6.07, 6.45) is 0. The maximum Gasteiger partial charge on any atom is 0.335 e. The van der Waals surface area contributed by atoms with Gasteiger partial charge < -0.3 is 15.3 Å². The number of nitrogens with zero attached hydrogens (tertiary/aromatic N) is 1. The average molecular weight is 257 g/mol. The monoisotopic (exact) mass is 256 g/mol. The fraction of sp³-hybridized carbons (Fsp3) is 0.417. The lowest BCUT2D eigenvalue weighted by Crippen LogP contribution is -2.31. The van der Waals surface area contributed by atoms with Gasteiger partial charge in [0.15, 0.2) is 0 Å². The molecule has 2 N–H and O–H groups in total. The van der Waals surface area contributed by atoms with Crippen molar-refractivity contribution in [2.45, 2.75) is 13.0 Å². The first kappa shape index (κ1) is 13.8. The third-order valence-corrected chi connectivity index (χ3v) is 3.00. The lowest BCUT2D eigenvalue weighted by Gasteiger charge is -2.21. The van der Waals surface area contributed by atoms with Crippen LogP contribution in [0.1, 0.15) is 17.3 Å². The van der Waals surface area contributed by atoms with Gasteiger partial charge in [0.25, 0.3) is 0 Å². The Morgan fingerprint density at radius 2 is 2.18 bits per heavy atom. The van der Waals surface area contributed by atoms with Gasteiger partial charge in [0, 0.05) is 12.6 Å². The number of carboxylic acid groups (broad SMARTS) is 1. The van der Waals surface area contributed by atoms with Crippen LogP contribution >= 0.6 is 11.6 Å². The van der Waals surface area contributed by atoms with Gasteiger partial charge in [-0.25, -0.2) is 4.79 Å². The maximum atomic E-state index is 10.7. The molecule has 0 aliphatic heterocycles. The van der Waals surface area contributed by atoms with E-state index in [1.165, 1.54) is 12.1 Å². The molecule has 1 rings (SSSR count). The molecule has 0 amide bonds. The summed E-state index contributed by atoms with van der Waals surface area (Å²) in [7, 11) is 4.00. The molecule has 0 bridgehead atoms. The van der Waals surface area contributed by atoms with Gasteiger partial charge in [-0.05, 0) is 39.2 Å². The number of rotatable bonds is 5. The molecule has 0 aliphatic rings. The van der Waals surface area contributed by atoms with Crippen LogP contribution in [0.5, 0.6) is 0 Å². The summed E-state index contributed by atoms with van der Waals surface area (Å²) in [6, 6.07) is 5.04. The molecule has 0 fully saturated rings. The van der Waals surface area contributed by atoms with E-state index in [0.29, 0.717) is 11.1 Å². The molecule has 0 aliphatic carbocycles. The van der Waals surface area contributed by atoms with E-state index in [-0.39, 0.29) is 5.56 Å². The van der Waals surface area contributed by atoms with Crippen LogP contribution in [0.3, 0.4) is 0 Å². The van der Waals surface area contributed by atoms with E-state index >= 15 is 0 Å². The van der Waals surface area contributed by atoms with Crippen LogP contribution in [-0.2, 0) is 0 Å². The largest absolute Gasteiger partial charge is 0.478 e. The first-order chi connectivity index (χ1) is 7.91. The summed E-state index contributed by atoms with van der Waals surface area (Å²) < 4.78 is 0. The van der Waals surface area contributed by atoms with E-state index in [1.54, 1.807) is 6.07 Å². The number of likely N-dealkylation sites (N-methyl/N-ethyl adjacent to an activating group) is 1. The zero-order chi connectivity index (χ0) is 13.0. The summed E-state index contributed by atoms with van der Waals surface area (Å²) >= 11 is 6.00. The summed E-state index contributed by atoms with van der Waals surface area (Å²) in [5.74, 6) is -0.972. The van der Waals surface area contributed by atoms with Gasteiger partial charge in [-0.3, -0.25) is 0 Å². The number of halogens is 1. The molecule has 1 unspecified atom stereocenters. The molecule has 1 atom stereocenters. The highest BCUT2D eigenvalue weighted by Gasteiger charge is 2.08. The summed E-state index contributed by atoms with van der Waals surface area (Å²) in [5.41, 5.74) is 0.951. The van der Waals surface area contributed by atoms with Gasteiger partial charge in [0.2, 0.25) is 0 Å². The fourth-order valence-corrected chi connectivity index (χ4v) is 1.48. The normalized spacial score (nSPS) is 12.5. The quantitative estimate of drug-likeness (QED) is 0.850. The molecule has 0 radical (unpaired) electrons. The van der Waals surface area contributed by atoms with Crippen LogP contribution in [0.4, 0.5) is 5.69 Å². The van der Waals surface area contributed by atoms with E-state index in [0.717, 1.165) is 12.2 Å². The van der Waals surface area contributed by atoms with E-state index in [9.17, 15) is 4.79 Å². The molecule has 0 heterocycles. The standard InChI is InChI=1S/C12H17ClN2O2/c1-8(15(2)3)7-14-11-5-4-9(12(16)17)6-10(11)13/h4-6,8,14H,7H2,1-3H3,(H,16,17). The second-order valence-corrected chi connectivity index (χ2v) is 4.60. The maximum absolute atomic E-state index is 10.7. The van der Waals surface area contributed by atoms with E-state index in [2.05, 4.69) is 17.1 Å². The lowest BCUT2D eigenvalue weighted by molar-refractivity contribution is 0.0697. The van der Waals surface area contributed by atoms with Crippen molar-refractivity contribution >= 4 is 23.3 Å². The average Bonchev–Trinajstić information content (AvgIpc) is 2.26. The molecule has 1 aromatic rings. The van der Waals surface area contributed by atoms with Crippen molar-refractivity contribution in [1.82, 2.24) is 4.90 Å². The Hall–Kier alpha value is -1.26. The van der Waals surface area contributed by atoms with Crippen molar-refractivity contribution in [2.75, 3.05) is 26.0 Å². The molecule has 17 heavy (non-hydrogen) atoms. The minimum Gasteiger partial charge on any atom is -0.478 e. The van der Waals surface area contributed by atoms with Crippen molar-refractivity contribution in [3.8, 4) is 0 Å². The van der Waals surface area contributed by atoms with Crippen molar-refractivity contribution in [3.63, 3.8) is 0 Å². The molecule has 0 saturated carbocycles. The Bertz CT molecular complexity index is 407. The number of nitrogens with one attached hydrogen (secondary N) is 1. The Morgan fingerprint density at radius 3 is 2.65 bits per heavy atom. The van der Waals surface area contributed by atoms with Gasteiger partial charge in [0.05, 0.1) is 16.3 Å². The number of carbonyl (C=O) groups is 1. The predicted octanol–water partition coefficient (Wildman–Crippen LogP) is 2.40. The molecule has 5 heteroatoms. The lowest BCUT2D eigenvalue weighted by atomic mass is 10.2. The third-order valence-electron chi connectivity index (χ3n) is 2.69. The molecule has 94 valence electrons. The molecule has 0 saturated heterocycles. The van der Waals surface area contributed by atoms with Crippen LogP contribution < -0.4 is 5.32 Å². The van der Waals surface area contributed by atoms with Gasteiger partial charge in [-0.2, -0.15) is 0 Å². The van der Waals surface area contributed by atoms with Crippen LogP contribution in [0.2, 0.25) is 5.02 Å². The third kappa shape index (κ3) is 3.91. The minimum absolute atomic E-state index is 0.196. The van der Waals surface area contributed by atoms with Crippen molar-refractivity contribution in [3.05, 3.63) is 28.8 Å². The Balaban J connectivity index is 2.70. The van der Waals surface area contributed by atoms with Crippen LogP contribution in [-0.4, -0.2) is 42.7 Å². The number of hydrogen-bond donors (Lipinski definition) is 2. The SMILES string of the molecule is CC(CNc1ccc(C(=O)O)cc1Cl)N(C)C. The summed E-state index contributed by atoms with van der Waals surface area (Å²) in [4.78, 5) is 12.8. The highest BCUT2D eigenvalue weighted by Crippen LogP contribution is 2.23. The fourth-order valence-electron chi connectivity index (χ4n) is 1.23. The van der Waals surface area contributed by atoms with E-state index < -0.39 is 5.97 Å². The molecule has 1 aromatic carbocycles. The smallest absolute Gasteiger partial charge is 0.335 e. The minimum atomic E-state index is -0.972. The zero-order valence-electron chi connectivity index (χ0n) is 10.2. The first-order valence-electron chi connectivity index (χ1n) is 5.35. The Morgan fingerprint density at radius 1 is 1.53 bits per heavy atom. The number of benzene rings is 1. The van der Waals surface area contributed by atoms with Crippen LogP contribution in [0, 0.1) is 0 Å². The van der Waals surface area contributed by atoms with Gasteiger partial charge in [-0.15, -0.1) is 0 Å². The molecular formula is C12H17ClN2O2. The molecule has 4 nitrogen and oxygen atoms in total. The van der Waals surface area contributed by atoms with E-state index in [1.807, 2.05) is 14.1 Å². The zero-order valence-corrected chi connectivity index (χ0v) is 11.0. The van der Waals surface area contributed by atoms with Crippen molar-refractivity contribution in [1.29, 1.82) is 0 Å². The van der Waals surface area contributed by atoms with Crippen LogP contribution in [0.25, 0.3) is 0 Å². The molecular weight excluding hydrogens is 240 g/mol. The number of anilines is 1. The van der Waals surface area contributed by atoms with Gasteiger partial charge >= 0.3 is 5.97 Å². The Kier molecular flexibility index (Phi) is 4.78. The van der Waals surface area contributed by atoms with Gasteiger partial charge in [-0.1, -0.05) is 11.6 Å². The highest BCUT2D eigenvalue weighted by molar-refractivity contribution is 6.33. The van der Waals surface area contributed by atoms with Gasteiger partial charge in [0.1, 0.15) is 0 Å². The first-order valence-corrected chi connectivity index (χ1v) is 5.72. The van der Waals surface area contributed by atoms with E-state index in [4.69, 9.17) is 16.7 Å².